The highest BCUT2D eigenvalue weighted by molar-refractivity contribution is 6.32. The van der Waals surface area contributed by atoms with E-state index in [1.165, 1.54) is 6.07 Å². The average molecular weight is 367 g/mol. The van der Waals surface area contributed by atoms with Crippen molar-refractivity contribution in [2.75, 3.05) is 17.7 Å². The van der Waals surface area contributed by atoms with Crippen molar-refractivity contribution in [1.29, 1.82) is 0 Å². The van der Waals surface area contributed by atoms with E-state index in [0.717, 1.165) is 25.3 Å². The van der Waals surface area contributed by atoms with E-state index in [9.17, 15) is 9.18 Å². The molecule has 0 saturated carbocycles. The van der Waals surface area contributed by atoms with Crippen molar-refractivity contribution in [2.24, 2.45) is 0 Å². The van der Waals surface area contributed by atoms with Crippen molar-refractivity contribution in [2.45, 2.75) is 26.2 Å². The molecule has 0 aliphatic rings. The highest BCUT2D eigenvalue weighted by atomic mass is 35.5. The lowest BCUT2D eigenvalue weighted by Crippen LogP contribution is -2.15. The van der Waals surface area contributed by atoms with Gasteiger partial charge in [0.15, 0.2) is 5.75 Å². The molecule has 0 spiro atoms. The van der Waals surface area contributed by atoms with Crippen LogP contribution in [0.4, 0.5) is 15.8 Å². The number of nitrogens with two attached hydrogens (primary N) is 1. The quantitative estimate of drug-likeness (QED) is 0.304. The number of rotatable bonds is 8. The van der Waals surface area contributed by atoms with Crippen LogP contribution >= 0.6 is 11.6 Å². The molecule has 0 radical (unpaired) electrons. The van der Waals surface area contributed by atoms with Gasteiger partial charge in [0.2, 0.25) is 0 Å². The molecule has 2 aromatic rings. The number of halogens is 2. The van der Waals surface area contributed by atoms with Crippen molar-refractivity contribution in [3.05, 3.63) is 52.8 Å². The number of unbranched alkanes of at least 4 members (excludes halogenated alkanes) is 2. The van der Waals surface area contributed by atoms with Gasteiger partial charge >= 0.3 is 0 Å². The van der Waals surface area contributed by atoms with E-state index in [1.807, 2.05) is 0 Å². The summed E-state index contributed by atoms with van der Waals surface area (Å²) in [6.07, 6.45) is 2.91. The molecule has 0 aliphatic carbocycles. The monoisotopic (exact) mass is 366 g/mol. The Kier molecular flexibility index (Phi) is 7.03. The zero-order chi connectivity index (χ0) is 18.2. The number of carbonyl (C=O) groups excluding carboxylic acids is 1. The van der Waals surface area contributed by atoms with Gasteiger partial charge in [-0.3, -0.25) is 4.79 Å². The molecular weight excluding hydrogens is 347 g/mol. The number of nitrogen functional groups attached to an aromatic ring is 1. The minimum absolute atomic E-state index is 0.0465. The van der Waals surface area contributed by atoms with Crippen molar-refractivity contribution in [1.82, 2.24) is 0 Å². The van der Waals surface area contributed by atoms with Crippen molar-refractivity contribution >= 4 is 28.9 Å². The Morgan fingerprint density at radius 3 is 2.76 bits per heavy atom. The lowest BCUT2D eigenvalue weighted by molar-refractivity contribution is -0.207. The fraction of sp³-hybridized carbons (Fsp3) is 0.278. The number of para-hydroxylation sites is 1. The van der Waals surface area contributed by atoms with Gasteiger partial charge in [-0.1, -0.05) is 43.5 Å². The number of carbonyl (C=O) groups is 1. The second-order valence-electron chi connectivity index (χ2n) is 5.42. The Bertz CT molecular complexity index is 740. The molecule has 134 valence electrons. The summed E-state index contributed by atoms with van der Waals surface area (Å²) in [7, 11) is 0. The predicted octanol–water partition coefficient (Wildman–Crippen LogP) is 4.81. The van der Waals surface area contributed by atoms with Gasteiger partial charge in [0.1, 0.15) is 5.82 Å². The number of hydrogen-bond donors (Lipinski definition) is 2. The van der Waals surface area contributed by atoms with Crippen LogP contribution in [0.25, 0.3) is 0 Å². The molecule has 5 nitrogen and oxygen atoms in total. The summed E-state index contributed by atoms with van der Waals surface area (Å²) < 4.78 is 14.1. The number of hydrogen-bond acceptors (Lipinski definition) is 4. The molecule has 0 aliphatic heterocycles. The van der Waals surface area contributed by atoms with Crippen LogP contribution < -0.4 is 15.9 Å². The molecule has 2 rings (SSSR count). The largest absolute Gasteiger partial charge is 0.398 e. The van der Waals surface area contributed by atoms with E-state index < -0.39 is 11.7 Å². The molecule has 0 heterocycles. The van der Waals surface area contributed by atoms with Gasteiger partial charge in [0.25, 0.3) is 5.91 Å². The van der Waals surface area contributed by atoms with Crippen molar-refractivity contribution < 1.29 is 19.0 Å². The summed E-state index contributed by atoms with van der Waals surface area (Å²) in [5.41, 5.74) is 6.22. The third kappa shape index (κ3) is 5.34. The third-order valence-electron chi connectivity index (χ3n) is 3.46. The highest BCUT2D eigenvalue weighted by Crippen LogP contribution is 2.31. The van der Waals surface area contributed by atoms with Crippen molar-refractivity contribution in [3.63, 3.8) is 0 Å². The normalized spacial score (nSPS) is 10.5. The highest BCUT2D eigenvalue weighted by Gasteiger charge is 2.15. The van der Waals surface area contributed by atoms with Crippen LogP contribution in [0.15, 0.2) is 36.4 Å². The van der Waals surface area contributed by atoms with Gasteiger partial charge in [-0.05, 0) is 24.6 Å². The third-order valence-corrected chi connectivity index (χ3v) is 3.75. The molecule has 0 atom stereocenters. The molecule has 0 unspecified atom stereocenters. The summed E-state index contributed by atoms with van der Waals surface area (Å²) in [5.74, 6) is -1.10. The Labute approximate surface area is 150 Å². The molecule has 25 heavy (non-hydrogen) atoms. The van der Waals surface area contributed by atoms with Crippen LogP contribution in [0.2, 0.25) is 5.02 Å². The Morgan fingerprint density at radius 1 is 1.28 bits per heavy atom. The zero-order valence-electron chi connectivity index (χ0n) is 13.9. The maximum Gasteiger partial charge on any atom is 0.257 e. The summed E-state index contributed by atoms with van der Waals surface area (Å²) >= 11 is 5.94. The lowest BCUT2D eigenvalue weighted by Gasteiger charge is -2.11. The van der Waals surface area contributed by atoms with Gasteiger partial charge in [-0.15, -0.1) is 0 Å². The summed E-state index contributed by atoms with van der Waals surface area (Å²) in [6, 6.07) is 8.84. The van der Waals surface area contributed by atoms with Gasteiger partial charge in [0, 0.05) is 11.8 Å². The Balaban J connectivity index is 2.08. The van der Waals surface area contributed by atoms with E-state index in [0.29, 0.717) is 12.3 Å². The van der Waals surface area contributed by atoms with Crippen LogP contribution in [-0.4, -0.2) is 12.5 Å². The first-order valence-corrected chi connectivity index (χ1v) is 8.35. The van der Waals surface area contributed by atoms with E-state index in [2.05, 4.69) is 12.2 Å². The average Bonchev–Trinajstić information content (AvgIpc) is 2.58. The van der Waals surface area contributed by atoms with E-state index in [4.69, 9.17) is 27.1 Å². The topological polar surface area (TPSA) is 73.6 Å². The minimum atomic E-state index is -0.689. The standard InChI is InChI=1S/C18H20ClFN2O3/c1-2-3-6-9-24-25-17-11-16(14(20)10-13(17)19)22-18(23)12-7-4-5-8-15(12)21/h4-5,7-8,10-11H,2-3,6,9,21H2,1H3,(H,22,23). The van der Waals surface area contributed by atoms with Crippen LogP contribution in [0, 0.1) is 5.82 Å². The maximum atomic E-state index is 14.1. The first-order chi connectivity index (χ1) is 12.0. The van der Waals surface area contributed by atoms with Gasteiger partial charge in [0.05, 0.1) is 22.9 Å². The second kappa shape index (κ2) is 9.25. The molecule has 0 saturated heterocycles. The van der Waals surface area contributed by atoms with E-state index in [-0.39, 0.29) is 22.0 Å². The number of nitrogens with one attached hydrogen (secondary N) is 1. The molecule has 0 aromatic heterocycles. The van der Waals surface area contributed by atoms with Crippen LogP contribution in [-0.2, 0) is 4.89 Å². The van der Waals surface area contributed by atoms with E-state index in [1.54, 1.807) is 24.3 Å². The molecule has 0 bridgehead atoms. The molecule has 0 fully saturated rings. The fourth-order valence-corrected chi connectivity index (χ4v) is 2.28. The van der Waals surface area contributed by atoms with Gasteiger partial charge in [-0.25, -0.2) is 4.39 Å². The molecule has 2 aromatic carbocycles. The number of anilines is 2. The van der Waals surface area contributed by atoms with Crippen molar-refractivity contribution in [3.8, 4) is 5.75 Å². The zero-order valence-corrected chi connectivity index (χ0v) is 14.6. The van der Waals surface area contributed by atoms with Crippen LogP contribution in [0.3, 0.4) is 0 Å². The summed E-state index contributed by atoms with van der Waals surface area (Å²) in [4.78, 5) is 22.4. The minimum Gasteiger partial charge on any atom is -0.398 e. The SMILES string of the molecule is CCCCCOOc1cc(NC(=O)c2ccccc2N)c(F)cc1Cl. The molecule has 7 heteroatoms. The predicted molar refractivity (Wildman–Crippen MR) is 96.3 cm³/mol. The van der Waals surface area contributed by atoms with Gasteiger partial charge < -0.3 is 15.9 Å². The van der Waals surface area contributed by atoms with Crippen LogP contribution in [0.5, 0.6) is 5.75 Å². The number of amides is 1. The Morgan fingerprint density at radius 2 is 2.04 bits per heavy atom. The van der Waals surface area contributed by atoms with Gasteiger partial charge in [-0.2, -0.15) is 4.89 Å². The first-order valence-electron chi connectivity index (χ1n) is 7.97. The fourth-order valence-electron chi connectivity index (χ4n) is 2.10. The Hall–Kier alpha value is -2.31. The lowest BCUT2D eigenvalue weighted by atomic mass is 10.1. The summed E-state index contributed by atoms with van der Waals surface area (Å²) in [6.45, 7) is 2.47. The molecule has 1 amide bonds. The smallest absolute Gasteiger partial charge is 0.257 e. The van der Waals surface area contributed by atoms with Crippen LogP contribution in [0.1, 0.15) is 36.5 Å². The molecular formula is C18H20ClFN2O3. The summed E-state index contributed by atoms with van der Waals surface area (Å²) in [5, 5.41) is 2.50. The number of benzene rings is 2. The molecule has 3 N–H and O–H groups in total. The first kappa shape index (κ1) is 19.0. The second-order valence-corrected chi connectivity index (χ2v) is 5.82. The maximum absolute atomic E-state index is 14.1. The van der Waals surface area contributed by atoms with E-state index >= 15 is 0 Å².